The van der Waals surface area contributed by atoms with Gasteiger partial charge < -0.3 is 10.2 Å². The normalized spacial score (nSPS) is 23.6. The molecule has 0 saturated heterocycles. The van der Waals surface area contributed by atoms with Gasteiger partial charge in [0.1, 0.15) is 5.75 Å². The highest BCUT2D eigenvalue weighted by Crippen LogP contribution is 2.40. The molecule has 1 aliphatic rings. The minimum absolute atomic E-state index is 0.192. The van der Waals surface area contributed by atoms with Crippen LogP contribution < -0.4 is 0 Å². The van der Waals surface area contributed by atoms with E-state index in [1.54, 1.807) is 17.8 Å². The second-order valence-electron chi connectivity index (χ2n) is 4.78. The van der Waals surface area contributed by atoms with Crippen LogP contribution in [0.2, 0.25) is 0 Å². The third kappa shape index (κ3) is 2.08. The summed E-state index contributed by atoms with van der Waals surface area (Å²) in [7, 11) is 0. The number of hydrogen-bond donors (Lipinski definition) is 2. The Kier molecular flexibility index (Phi) is 3.18. The lowest BCUT2D eigenvalue weighted by Gasteiger charge is -2.15. The first-order valence-corrected chi connectivity index (χ1v) is 7.19. The number of thioether (sulfide) groups is 1. The summed E-state index contributed by atoms with van der Waals surface area (Å²) in [6, 6.07) is 11.6. The molecule has 3 rings (SSSR count). The largest absolute Gasteiger partial charge is 0.507 e. The van der Waals surface area contributed by atoms with Gasteiger partial charge >= 0.3 is 0 Å². The molecule has 2 atom stereocenters. The molecule has 3 heteroatoms. The summed E-state index contributed by atoms with van der Waals surface area (Å²) in [5, 5.41) is 22.0. The smallest absolute Gasteiger partial charge is 0.123 e. The molecular formula is C15H16O2S. The van der Waals surface area contributed by atoms with E-state index in [1.807, 2.05) is 30.3 Å². The molecule has 0 radical (unpaired) electrons. The molecule has 0 aromatic heterocycles. The Balaban J connectivity index is 1.99. The van der Waals surface area contributed by atoms with Gasteiger partial charge in [0.25, 0.3) is 0 Å². The molecule has 1 aliphatic carbocycles. The summed E-state index contributed by atoms with van der Waals surface area (Å²) in [6.45, 7) is 0. The molecule has 0 spiro atoms. The first-order valence-electron chi connectivity index (χ1n) is 6.31. The molecule has 2 nitrogen and oxygen atoms in total. The van der Waals surface area contributed by atoms with Gasteiger partial charge in [0, 0.05) is 15.5 Å². The van der Waals surface area contributed by atoms with Crippen molar-refractivity contribution in [1.29, 1.82) is 0 Å². The van der Waals surface area contributed by atoms with Crippen LogP contribution in [0.4, 0.5) is 0 Å². The Morgan fingerprint density at radius 1 is 1.00 bits per heavy atom. The van der Waals surface area contributed by atoms with Crippen molar-refractivity contribution in [2.24, 2.45) is 0 Å². The highest BCUT2D eigenvalue weighted by Gasteiger charge is 2.26. The summed E-state index contributed by atoms with van der Waals surface area (Å²) in [4.78, 5) is 1.15. The first kappa shape index (κ1) is 11.9. The van der Waals surface area contributed by atoms with Crippen LogP contribution in [-0.4, -0.2) is 21.6 Å². The van der Waals surface area contributed by atoms with Crippen molar-refractivity contribution in [2.45, 2.75) is 35.5 Å². The average molecular weight is 260 g/mol. The van der Waals surface area contributed by atoms with Crippen LogP contribution in [0.3, 0.4) is 0 Å². The minimum atomic E-state index is -0.192. The number of benzene rings is 2. The van der Waals surface area contributed by atoms with Crippen LogP contribution in [0.25, 0.3) is 10.8 Å². The standard InChI is InChI=1S/C15H16O2S/c16-12-8-9-14(11-5-2-1-4-10(11)12)18-15-7-3-6-13(15)17/h1-2,4-5,8-9,13,15-17H,3,6-7H2/t13-,15-/m0/s1. The van der Waals surface area contributed by atoms with E-state index in [0.29, 0.717) is 5.75 Å². The van der Waals surface area contributed by atoms with E-state index in [2.05, 4.69) is 0 Å². The maximum atomic E-state index is 9.91. The van der Waals surface area contributed by atoms with Crippen molar-refractivity contribution < 1.29 is 10.2 Å². The summed E-state index contributed by atoms with van der Waals surface area (Å²) in [6.07, 6.45) is 2.89. The van der Waals surface area contributed by atoms with Crippen molar-refractivity contribution in [3.05, 3.63) is 36.4 Å². The Morgan fingerprint density at radius 2 is 1.78 bits per heavy atom. The van der Waals surface area contributed by atoms with Crippen molar-refractivity contribution >= 4 is 22.5 Å². The van der Waals surface area contributed by atoms with Crippen LogP contribution in [-0.2, 0) is 0 Å². The van der Waals surface area contributed by atoms with Gasteiger partial charge in [-0.15, -0.1) is 11.8 Å². The fraction of sp³-hybridized carbons (Fsp3) is 0.333. The maximum absolute atomic E-state index is 9.91. The van der Waals surface area contributed by atoms with Crippen LogP contribution in [0.15, 0.2) is 41.3 Å². The molecule has 1 fully saturated rings. The van der Waals surface area contributed by atoms with Crippen LogP contribution in [0.5, 0.6) is 5.75 Å². The summed E-state index contributed by atoms with van der Waals surface area (Å²) < 4.78 is 0. The van der Waals surface area contributed by atoms with Gasteiger partial charge in [-0.25, -0.2) is 0 Å². The lowest BCUT2D eigenvalue weighted by Crippen LogP contribution is -2.14. The van der Waals surface area contributed by atoms with Gasteiger partial charge in [-0.3, -0.25) is 0 Å². The average Bonchev–Trinajstić information content (AvgIpc) is 2.79. The van der Waals surface area contributed by atoms with Crippen molar-refractivity contribution in [1.82, 2.24) is 0 Å². The lowest BCUT2D eigenvalue weighted by atomic mass is 10.1. The quantitative estimate of drug-likeness (QED) is 0.867. The monoisotopic (exact) mass is 260 g/mol. The Labute approximate surface area is 111 Å². The Bertz CT molecular complexity index is 567. The van der Waals surface area contributed by atoms with Crippen molar-refractivity contribution in [3.8, 4) is 5.75 Å². The van der Waals surface area contributed by atoms with Crippen molar-refractivity contribution in [2.75, 3.05) is 0 Å². The molecule has 2 aromatic carbocycles. The third-order valence-electron chi connectivity index (χ3n) is 3.56. The molecule has 0 amide bonds. The number of fused-ring (bicyclic) bond motifs is 1. The van der Waals surface area contributed by atoms with E-state index in [-0.39, 0.29) is 11.4 Å². The second kappa shape index (κ2) is 4.82. The predicted molar refractivity (Wildman–Crippen MR) is 75.1 cm³/mol. The number of aliphatic hydroxyl groups is 1. The van der Waals surface area contributed by atoms with Crippen LogP contribution >= 0.6 is 11.8 Å². The number of aromatic hydroxyl groups is 1. The van der Waals surface area contributed by atoms with E-state index in [9.17, 15) is 10.2 Å². The molecule has 2 aromatic rings. The molecule has 0 aliphatic heterocycles. The fourth-order valence-corrected chi connectivity index (χ4v) is 3.92. The molecule has 1 saturated carbocycles. The molecule has 0 heterocycles. The number of phenols is 1. The molecular weight excluding hydrogens is 244 g/mol. The highest BCUT2D eigenvalue weighted by molar-refractivity contribution is 8.00. The Hall–Kier alpha value is -1.19. The molecule has 0 bridgehead atoms. The minimum Gasteiger partial charge on any atom is -0.507 e. The number of rotatable bonds is 2. The Morgan fingerprint density at radius 3 is 2.50 bits per heavy atom. The van der Waals surface area contributed by atoms with E-state index in [4.69, 9.17) is 0 Å². The summed E-state index contributed by atoms with van der Waals surface area (Å²) in [5.74, 6) is 0.321. The van der Waals surface area contributed by atoms with Gasteiger partial charge in [0.15, 0.2) is 0 Å². The van der Waals surface area contributed by atoms with Crippen LogP contribution in [0.1, 0.15) is 19.3 Å². The summed E-state index contributed by atoms with van der Waals surface area (Å²) >= 11 is 1.74. The zero-order valence-electron chi connectivity index (χ0n) is 10.0. The zero-order chi connectivity index (χ0) is 12.5. The lowest BCUT2D eigenvalue weighted by molar-refractivity contribution is 0.188. The SMILES string of the molecule is Oc1ccc(S[C@H]2CCC[C@@H]2O)c2ccccc12. The second-order valence-corrected chi connectivity index (χ2v) is 6.06. The van der Waals surface area contributed by atoms with E-state index in [0.717, 1.165) is 34.9 Å². The van der Waals surface area contributed by atoms with Gasteiger partial charge in [-0.05, 0) is 36.8 Å². The van der Waals surface area contributed by atoms with Gasteiger partial charge in [0.2, 0.25) is 0 Å². The van der Waals surface area contributed by atoms with Crippen molar-refractivity contribution in [3.63, 3.8) is 0 Å². The van der Waals surface area contributed by atoms with Gasteiger partial charge in [0.05, 0.1) is 6.10 Å². The number of hydrogen-bond acceptors (Lipinski definition) is 3. The topological polar surface area (TPSA) is 40.5 Å². The highest BCUT2D eigenvalue weighted by atomic mass is 32.2. The number of aliphatic hydroxyl groups excluding tert-OH is 1. The third-order valence-corrected chi connectivity index (χ3v) is 5.02. The maximum Gasteiger partial charge on any atom is 0.123 e. The molecule has 0 unspecified atom stereocenters. The van der Waals surface area contributed by atoms with Crippen LogP contribution in [0, 0.1) is 0 Å². The fourth-order valence-electron chi connectivity index (χ4n) is 2.57. The first-order chi connectivity index (χ1) is 8.75. The molecule has 94 valence electrons. The number of phenolic OH excluding ortho intramolecular Hbond substituents is 1. The van der Waals surface area contributed by atoms with Gasteiger partial charge in [-0.2, -0.15) is 0 Å². The van der Waals surface area contributed by atoms with E-state index in [1.165, 1.54) is 0 Å². The predicted octanol–water partition coefficient (Wildman–Crippen LogP) is 3.55. The van der Waals surface area contributed by atoms with E-state index >= 15 is 0 Å². The molecule has 18 heavy (non-hydrogen) atoms. The van der Waals surface area contributed by atoms with E-state index < -0.39 is 0 Å². The zero-order valence-corrected chi connectivity index (χ0v) is 10.9. The molecule has 2 N–H and O–H groups in total. The van der Waals surface area contributed by atoms with Gasteiger partial charge in [-0.1, -0.05) is 24.3 Å². The summed E-state index contributed by atoms with van der Waals surface area (Å²) in [5.41, 5.74) is 0.